The molecule has 1 saturated heterocycles. The summed E-state index contributed by atoms with van der Waals surface area (Å²) in [6.07, 6.45) is 0. The zero-order chi connectivity index (χ0) is 30.5. The van der Waals surface area contributed by atoms with Crippen molar-refractivity contribution in [3.8, 4) is 22.9 Å². The molecule has 0 N–H and O–H groups in total. The van der Waals surface area contributed by atoms with Gasteiger partial charge in [0.25, 0.3) is 11.8 Å². The molecular formula is C36H32N4O4. The zero-order valence-electron chi connectivity index (χ0n) is 25.1. The molecule has 1 aliphatic heterocycles. The van der Waals surface area contributed by atoms with Gasteiger partial charge in [-0.25, -0.2) is 9.97 Å². The number of nitrogens with zero attached hydrogens (tertiary/aromatic N) is 4. The van der Waals surface area contributed by atoms with Gasteiger partial charge in [0.15, 0.2) is 11.5 Å². The second-order valence-electron chi connectivity index (χ2n) is 11.6. The highest BCUT2D eigenvalue weighted by Crippen LogP contribution is 2.31. The van der Waals surface area contributed by atoms with E-state index in [2.05, 4.69) is 0 Å². The number of rotatable bonds is 4. The van der Waals surface area contributed by atoms with Crippen LogP contribution in [0.15, 0.2) is 93.8 Å². The smallest absolute Gasteiger partial charge is 0.254 e. The summed E-state index contributed by atoms with van der Waals surface area (Å²) in [6, 6.07) is 26.0. The first-order valence-corrected chi connectivity index (χ1v) is 14.8. The fraction of sp³-hybridized carbons (Fsp3) is 0.222. The van der Waals surface area contributed by atoms with Crippen molar-refractivity contribution in [1.82, 2.24) is 19.8 Å². The highest BCUT2D eigenvalue weighted by molar-refractivity contribution is 6.09. The van der Waals surface area contributed by atoms with Crippen LogP contribution in [-0.2, 0) is 0 Å². The number of hydrogen-bond acceptors (Lipinski definition) is 6. The highest BCUT2D eigenvalue weighted by atomic mass is 16.3. The summed E-state index contributed by atoms with van der Waals surface area (Å²) >= 11 is 0. The minimum atomic E-state index is -0.218. The maximum atomic E-state index is 14.2. The number of aryl methyl sites for hydroxylation is 2. The Balaban J connectivity index is 1.21. The minimum absolute atomic E-state index is 0.0931. The Labute approximate surface area is 254 Å². The summed E-state index contributed by atoms with van der Waals surface area (Å²) in [4.78, 5) is 41.7. The SMILES string of the molecule is Cc1ccc(-c2cc(C(=O)N3CC(C)N(C(=O)c4cc(-c5ccc(C)o5)nc5ccccc45)CC3C)c3ccccc3n2)o1. The van der Waals surface area contributed by atoms with Crippen molar-refractivity contribution in [2.45, 2.75) is 39.8 Å². The Hall–Kier alpha value is -5.24. The zero-order valence-corrected chi connectivity index (χ0v) is 25.1. The van der Waals surface area contributed by atoms with Crippen LogP contribution in [-0.4, -0.2) is 56.8 Å². The molecule has 0 aliphatic carbocycles. The number of hydrogen-bond donors (Lipinski definition) is 0. The predicted octanol–water partition coefficient (Wildman–Crippen LogP) is 7.30. The molecule has 7 rings (SSSR count). The van der Waals surface area contributed by atoms with Crippen LogP contribution < -0.4 is 0 Å². The van der Waals surface area contributed by atoms with Crippen molar-refractivity contribution < 1.29 is 18.4 Å². The molecule has 8 heteroatoms. The van der Waals surface area contributed by atoms with Gasteiger partial charge in [-0.3, -0.25) is 9.59 Å². The van der Waals surface area contributed by atoms with Crippen LogP contribution in [0.4, 0.5) is 0 Å². The van der Waals surface area contributed by atoms with Crippen LogP contribution in [0.1, 0.15) is 46.1 Å². The van der Waals surface area contributed by atoms with Gasteiger partial charge in [-0.15, -0.1) is 0 Å². The van der Waals surface area contributed by atoms with Gasteiger partial charge in [0, 0.05) is 35.9 Å². The molecule has 44 heavy (non-hydrogen) atoms. The minimum Gasteiger partial charge on any atom is -0.460 e. The quantitative estimate of drug-likeness (QED) is 0.216. The molecular weight excluding hydrogens is 552 g/mol. The maximum absolute atomic E-state index is 14.2. The predicted molar refractivity (Wildman–Crippen MR) is 169 cm³/mol. The van der Waals surface area contributed by atoms with Crippen molar-refractivity contribution in [2.24, 2.45) is 0 Å². The maximum Gasteiger partial charge on any atom is 0.254 e. The van der Waals surface area contributed by atoms with Crippen molar-refractivity contribution in [2.75, 3.05) is 13.1 Å². The number of amides is 2. The lowest BCUT2D eigenvalue weighted by Crippen LogP contribution is -2.59. The van der Waals surface area contributed by atoms with Crippen LogP contribution in [0.25, 0.3) is 44.7 Å². The molecule has 2 unspecified atom stereocenters. The van der Waals surface area contributed by atoms with E-state index in [9.17, 15) is 9.59 Å². The Morgan fingerprint density at radius 2 is 1.05 bits per heavy atom. The summed E-state index contributed by atoms with van der Waals surface area (Å²) in [5.74, 6) is 2.60. The largest absolute Gasteiger partial charge is 0.460 e. The average molecular weight is 585 g/mol. The number of fused-ring (bicyclic) bond motifs is 2. The van der Waals surface area contributed by atoms with Crippen molar-refractivity contribution >= 4 is 33.6 Å². The van der Waals surface area contributed by atoms with Gasteiger partial charge in [-0.2, -0.15) is 0 Å². The first-order chi connectivity index (χ1) is 21.3. The van der Waals surface area contributed by atoms with Gasteiger partial charge in [0.2, 0.25) is 0 Å². The Kier molecular flexibility index (Phi) is 6.77. The molecule has 4 aromatic heterocycles. The van der Waals surface area contributed by atoms with Crippen molar-refractivity contribution in [3.63, 3.8) is 0 Å². The van der Waals surface area contributed by atoms with Crippen LogP contribution in [0, 0.1) is 13.8 Å². The average Bonchev–Trinajstić information content (AvgIpc) is 3.68. The molecule has 220 valence electrons. The van der Waals surface area contributed by atoms with Gasteiger partial charge in [-0.05, 0) is 76.2 Å². The van der Waals surface area contributed by atoms with Crippen LogP contribution in [0.2, 0.25) is 0 Å². The Bertz CT molecular complexity index is 1910. The number of carbonyl (C=O) groups is 2. The van der Waals surface area contributed by atoms with E-state index in [4.69, 9.17) is 18.8 Å². The lowest BCUT2D eigenvalue weighted by molar-refractivity contribution is 0.0272. The van der Waals surface area contributed by atoms with E-state index < -0.39 is 0 Å². The fourth-order valence-electron chi connectivity index (χ4n) is 6.10. The normalized spacial score (nSPS) is 17.0. The molecule has 2 atom stereocenters. The second kappa shape index (κ2) is 10.8. The number of furan rings is 2. The van der Waals surface area contributed by atoms with Gasteiger partial charge in [0.05, 0.1) is 22.2 Å². The van der Waals surface area contributed by atoms with E-state index in [-0.39, 0.29) is 23.9 Å². The van der Waals surface area contributed by atoms with Crippen molar-refractivity contribution in [3.05, 3.63) is 108 Å². The van der Waals surface area contributed by atoms with Crippen LogP contribution in [0.3, 0.4) is 0 Å². The topological polar surface area (TPSA) is 92.7 Å². The lowest BCUT2D eigenvalue weighted by atomic mass is 10.0. The molecule has 0 spiro atoms. The molecule has 2 amide bonds. The van der Waals surface area contributed by atoms with Gasteiger partial charge < -0.3 is 18.6 Å². The summed E-state index contributed by atoms with van der Waals surface area (Å²) in [5, 5.41) is 1.57. The van der Waals surface area contributed by atoms with E-state index in [1.807, 2.05) is 122 Å². The summed E-state index contributed by atoms with van der Waals surface area (Å²) < 4.78 is 11.7. The van der Waals surface area contributed by atoms with Gasteiger partial charge in [0.1, 0.15) is 22.9 Å². The van der Waals surface area contributed by atoms with Crippen LogP contribution in [0.5, 0.6) is 0 Å². The van der Waals surface area contributed by atoms with Crippen molar-refractivity contribution in [1.29, 1.82) is 0 Å². The van der Waals surface area contributed by atoms with Gasteiger partial charge in [-0.1, -0.05) is 36.4 Å². The molecule has 5 heterocycles. The molecule has 0 radical (unpaired) electrons. The van der Waals surface area contributed by atoms with E-state index in [1.54, 1.807) is 0 Å². The standard InChI is InChI=1S/C36H32N4O4/c1-21-19-40(36(42)28-18-32(34-16-14-24(4)44-34)38-30-12-8-6-10-26(28)30)22(2)20-39(21)35(41)27-17-31(33-15-13-23(3)43-33)37-29-11-7-5-9-25(27)29/h5-18,21-22H,19-20H2,1-4H3. The van der Waals surface area contributed by atoms with Gasteiger partial charge >= 0.3 is 0 Å². The number of carbonyl (C=O) groups excluding carboxylic acids is 2. The second-order valence-corrected chi connectivity index (χ2v) is 11.6. The van der Waals surface area contributed by atoms with E-state index in [1.165, 1.54) is 0 Å². The molecule has 1 aliphatic rings. The molecule has 1 fully saturated rings. The number of piperazine rings is 1. The fourth-order valence-corrected chi connectivity index (χ4v) is 6.10. The highest BCUT2D eigenvalue weighted by Gasteiger charge is 2.36. The third-order valence-corrected chi connectivity index (χ3v) is 8.39. The van der Waals surface area contributed by atoms with E-state index in [0.717, 1.165) is 33.3 Å². The van der Waals surface area contributed by atoms with E-state index in [0.29, 0.717) is 47.1 Å². The molecule has 8 nitrogen and oxygen atoms in total. The monoisotopic (exact) mass is 584 g/mol. The lowest BCUT2D eigenvalue weighted by Gasteiger charge is -2.44. The molecule has 0 bridgehead atoms. The number of aromatic nitrogens is 2. The molecule has 2 aromatic carbocycles. The number of pyridine rings is 2. The Morgan fingerprint density at radius 3 is 1.43 bits per heavy atom. The summed E-state index contributed by atoms with van der Waals surface area (Å²) in [7, 11) is 0. The number of benzene rings is 2. The number of para-hydroxylation sites is 2. The molecule has 0 saturated carbocycles. The molecule has 6 aromatic rings. The third-order valence-electron chi connectivity index (χ3n) is 8.39. The summed E-state index contributed by atoms with van der Waals surface area (Å²) in [6.45, 7) is 8.54. The third kappa shape index (κ3) is 4.82. The van der Waals surface area contributed by atoms with Crippen LogP contribution >= 0.6 is 0 Å². The first-order valence-electron chi connectivity index (χ1n) is 14.8. The summed E-state index contributed by atoms with van der Waals surface area (Å²) in [5.41, 5.74) is 3.81. The van der Waals surface area contributed by atoms with E-state index >= 15 is 0 Å². The first kappa shape index (κ1) is 27.6. The Morgan fingerprint density at radius 1 is 0.636 bits per heavy atom.